The van der Waals surface area contributed by atoms with Gasteiger partial charge in [-0.3, -0.25) is 4.57 Å². The summed E-state index contributed by atoms with van der Waals surface area (Å²) in [6.07, 6.45) is 1.41. The summed E-state index contributed by atoms with van der Waals surface area (Å²) >= 11 is 0. The minimum Gasteiger partial charge on any atom is -0.477 e. The lowest BCUT2D eigenvalue weighted by molar-refractivity contribution is -0.0499. The van der Waals surface area contributed by atoms with Crippen LogP contribution >= 0.6 is 0 Å². The second kappa shape index (κ2) is 9.21. The Kier molecular flexibility index (Phi) is 6.18. The first-order valence-corrected chi connectivity index (χ1v) is 12.6. The normalized spacial score (nSPS) is 13.8. The van der Waals surface area contributed by atoms with Gasteiger partial charge in [-0.15, -0.1) is 0 Å². The van der Waals surface area contributed by atoms with E-state index in [1.165, 1.54) is 24.3 Å². The van der Waals surface area contributed by atoms with Gasteiger partial charge in [-0.2, -0.15) is 31.6 Å². The highest BCUT2D eigenvalue weighted by Gasteiger charge is 2.48. The van der Waals surface area contributed by atoms with Crippen molar-refractivity contribution < 1.29 is 34.9 Å². The molecule has 0 saturated heterocycles. The number of hydrogen-bond acceptors (Lipinski definition) is 7. The van der Waals surface area contributed by atoms with E-state index in [4.69, 9.17) is 4.74 Å². The van der Waals surface area contributed by atoms with E-state index >= 15 is 0 Å². The SMILES string of the molecule is Cc1cc2c(OS(=O)(=O)C(F)(F)F)cccc2n1-c1nc(NCc2cccc(F)c2)c2c(n1)OCCC2. The van der Waals surface area contributed by atoms with Crippen LogP contribution in [0.3, 0.4) is 0 Å². The summed E-state index contributed by atoms with van der Waals surface area (Å²) in [7, 11) is -5.86. The molecule has 13 heteroatoms. The Labute approximate surface area is 209 Å². The third kappa shape index (κ3) is 4.78. The quantitative estimate of drug-likeness (QED) is 0.210. The minimum atomic E-state index is -5.86. The smallest absolute Gasteiger partial charge is 0.477 e. The third-order valence-corrected chi connectivity index (χ3v) is 6.76. The van der Waals surface area contributed by atoms with Crippen LogP contribution in [0.2, 0.25) is 0 Å². The average Bonchev–Trinajstić information content (AvgIpc) is 3.18. The molecule has 194 valence electrons. The highest BCUT2D eigenvalue weighted by Crippen LogP contribution is 2.36. The van der Waals surface area contributed by atoms with Gasteiger partial charge in [-0.05, 0) is 55.7 Å². The van der Waals surface area contributed by atoms with Crippen molar-refractivity contribution in [1.82, 2.24) is 14.5 Å². The predicted octanol–water partition coefficient (Wildman–Crippen LogP) is 5.03. The molecule has 0 amide bonds. The number of aryl methyl sites for hydroxylation is 1. The number of ether oxygens (including phenoxy) is 1. The average molecular weight is 537 g/mol. The Hall–Kier alpha value is -3.87. The van der Waals surface area contributed by atoms with E-state index in [0.717, 1.165) is 18.1 Å². The predicted molar refractivity (Wildman–Crippen MR) is 127 cm³/mol. The van der Waals surface area contributed by atoms with Gasteiger partial charge < -0.3 is 14.2 Å². The van der Waals surface area contributed by atoms with Gasteiger partial charge in [0.1, 0.15) is 11.6 Å². The number of nitrogens with one attached hydrogen (secondary N) is 1. The number of anilines is 1. The molecular weight excluding hydrogens is 516 g/mol. The summed E-state index contributed by atoms with van der Waals surface area (Å²) in [5, 5.41) is 3.33. The second-order valence-electron chi connectivity index (χ2n) is 8.38. The van der Waals surface area contributed by atoms with Crippen molar-refractivity contribution in [3.63, 3.8) is 0 Å². The molecule has 3 heterocycles. The number of aromatic nitrogens is 3. The van der Waals surface area contributed by atoms with Gasteiger partial charge in [0.15, 0.2) is 5.75 Å². The van der Waals surface area contributed by atoms with Gasteiger partial charge in [0, 0.05) is 17.6 Å². The van der Waals surface area contributed by atoms with E-state index in [9.17, 15) is 26.0 Å². The van der Waals surface area contributed by atoms with Crippen molar-refractivity contribution in [2.24, 2.45) is 0 Å². The minimum absolute atomic E-state index is 0.129. The molecule has 2 aromatic heterocycles. The lowest BCUT2D eigenvalue weighted by Gasteiger charge is -2.21. The topological polar surface area (TPSA) is 95.3 Å². The zero-order chi connectivity index (χ0) is 26.4. The van der Waals surface area contributed by atoms with Crippen LogP contribution in [0.1, 0.15) is 23.2 Å². The molecule has 0 bridgehead atoms. The molecule has 0 saturated carbocycles. The van der Waals surface area contributed by atoms with Crippen molar-refractivity contribution in [3.05, 3.63) is 71.2 Å². The summed E-state index contributed by atoms with van der Waals surface area (Å²) in [5.41, 5.74) is -3.28. The van der Waals surface area contributed by atoms with Crippen LogP contribution in [-0.4, -0.2) is 35.1 Å². The Bertz CT molecular complexity index is 1600. The molecule has 1 aliphatic rings. The fourth-order valence-electron chi connectivity index (χ4n) is 4.13. The van der Waals surface area contributed by atoms with Gasteiger partial charge >= 0.3 is 15.6 Å². The summed E-state index contributed by atoms with van der Waals surface area (Å²) < 4.78 is 87.3. The van der Waals surface area contributed by atoms with E-state index in [-0.39, 0.29) is 23.7 Å². The number of rotatable bonds is 6. The van der Waals surface area contributed by atoms with Crippen LogP contribution < -0.4 is 14.2 Å². The lowest BCUT2D eigenvalue weighted by Crippen LogP contribution is -2.28. The number of alkyl halides is 3. The van der Waals surface area contributed by atoms with Gasteiger partial charge in [0.2, 0.25) is 11.8 Å². The molecule has 5 rings (SSSR count). The first-order chi connectivity index (χ1) is 17.5. The number of halogens is 4. The van der Waals surface area contributed by atoms with E-state index in [2.05, 4.69) is 19.5 Å². The molecule has 0 atom stereocenters. The molecular formula is C24H20F4N4O4S. The van der Waals surface area contributed by atoms with E-state index in [1.54, 1.807) is 29.7 Å². The monoisotopic (exact) mass is 536 g/mol. The maximum atomic E-state index is 13.6. The fourth-order valence-corrected chi connectivity index (χ4v) is 4.61. The standard InChI is InChI=1S/C24H20F4N4O4S/c1-14-11-18-19(8-3-9-20(18)36-37(33,34)24(26,27)28)32(14)23-30-21(17-7-4-10-35-22(17)31-23)29-13-15-5-2-6-16(25)12-15/h2-3,5-6,8-9,11-12H,4,7,10,13H2,1H3,(H,29,30,31). The first kappa shape index (κ1) is 24.8. The zero-order valence-corrected chi connectivity index (χ0v) is 20.2. The maximum Gasteiger partial charge on any atom is 0.534 e. The number of hydrogen-bond donors (Lipinski definition) is 1. The van der Waals surface area contributed by atoms with E-state index in [0.29, 0.717) is 41.5 Å². The summed E-state index contributed by atoms with van der Waals surface area (Å²) in [4.78, 5) is 9.18. The van der Waals surface area contributed by atoms with E-state index < -0.39 is 21.4 Å². The lowest BCUT2D eigenvalue weighted by atomic mass is 10.1. The maximum absolute atomic E-state index is 13.6. The molecule has 0 aliphatic carbocycles. The Morgan fingerprint density at radius 3 is 2.68 bits per heavy atom. The van der Waals surface area contributed by atoms with Gasteiger partial charge in [-0.1, -0.05) is 18.2 Å². The van der Waals surface area contributed by atoms with Crippen LogP contribution in [0.25, 0.3) is 16.9 Å². The molecule has 8 nitrogen and oxygen atoms in total. The number of nitrogens with zero attached hydrogens (tertiary/aromatic N) is 3. The van der Waals surface area contributed by atoms with Crippen LogP contribution in [0.15, 0.2) is 48.5 Å². The van der Waals surface area contributed by atoms with Crippen molar-refractivity contribution in [3.8, 4) is 17.6 Å². The van der Waals surface area contributed by atoms with Crippen molar-refractivity contribution in [2.75, 3.05) is 11.9 Å². The largest absolute Gasteiger partial charge is 0.534 e. The number of fused-ring (bicyclic) bond motifs is 2. The van der Waals surface area contributed by atoms with Gasteiger partial charge in [0.05, 0.1) is 17.7 Å². The zero-order valence-electron chi connectivity index (χ0n) is 19.3. The molecule has 2 aromatic carbocycles. The van der Waals surface area contributed by atoms with Crippen molar-refractivity contribution in [1.29, 1.82) is 0 Å². The second-order valence-corrected chi connectivity index (χ2v) is 9.92. The summed E-state index contributed by atoms with van der Waals surface area (Å²) in [6, 6.07) is 11.7. The molecule has 0 unspecified atom stereocenters. The Morgan fingerprint density at radius 1 is 1.14 bits per heavy atom. The third-order valence-electron chi connectivity index (χ3n) is 5.79. The molecule has 0 radical (unpaired) electrons. The molecule has 0 spiro atoms. The van der Waals surface area contributed by atoms with Gasteiger partial charge in [0.25, 0.3) is 0 Å². The number of benzene rings is 2. The highest BCUT2D eigenvalue weighted by molar-refractivity contribution is 7.88. The Morgan fingerprint density at radius 2 is 1.92 bits per heavy atom. The van der Waals surface area contributed by atoms with E-state index in [1.807, 2.05) is 0 Å². The summed E-state index contributed by atoms with van der Waals surface area (Å²) in [5.74, 6) is 0.137. The molecule has 1 N–H and O–H groups in total. The van der Waals surface area contributed by atoms with Crippen LogP contribution in [0.4, 0.5) is 23.4 Å². The first-order valence-electron chi connectivity index (χ1n) is 11.2. The highest BCUT2D eigenvalue weighted by atomic mass is 32.2. The Balaban J connectivity index is 1.58. The van der Waals surface area contributed by atoms with Crippen LogP contribution in [-0.2, 0) is 23.1 Å². The summed E-state index contributed by atoms with van der Waals surface area (Å²) in [6.45, 7) is 2.40. The van der Waals surface area contributed by atoms with Gasteiger partial charge in [-0.25, -0.2) is 4.39 Å². The van der Waals surface area contributed by atoms with Crippen LogP contribution in [0.5, 0.6) is 11.6 Å². The fraction of sp³-hybridized carbons (Fsp3) is 0.250. The van der Waals surface area contributed by atoms with Crippen LogP contribution in [0, 0.1) is 12.7 Å². The molecule has 37 heavy (non-hydrogen) atoms. The molecule has 1 aliphatic heterocycles. The van der Waals surface area contributed by atoms with Crippen molar-refractivity contribution >= 4 is 26.8 Å². The molecule has 4 aromatic rings. The molecule has 0 fully saturated rings. The van der Waals surface area contributed by atoms with Crippen molar-refractivity contribution in [2.45, 2.75) is 31.8 Å².